The van der Waals surface area contributed by atoms with Crippen LogP contribution in [0.5, 0.6) is 17.4 Å². The minimum atomic E-state index is 0.0293. The lowest BCUT2D eigenvalue weighted by molar-refractivity contribution is 0.0594. The first kappa shape index (κ1) is 25.1. The summed E-state index contributed by atoms with van der Waals surface area (Å²) in [6, 6.07) is 14.0. The molecule has 0 radical (unpaired) electrons. The molecule has 194 valence electrons. The van der Waals surface area contributed by atoms with Crippen LogP contribution >= 0.6 is 0 Å². The second-order valence-corrected chi connectivity index (χ2v) is 10.7. The Kier molecular flexibility index (Phi) is 7.65. The molecule has 0 N–H and O–H groups in total. The molecule has 8 nitrogen and oxygen atoms in total. The van der Waals surface area contributed by atoms with E-state index in [4.69, 9.17) is 9.47 Å². The molecule has 0 atom stereocenters. The summed E-state index contributed by atoms with van der Waals surface area (Å²) in [6.45, 7) is 8.31. The number of rotatable bonds is 2. The van der Waals surface area contributed by atoms with Crippen molar-refractivity contribution in [3.05, 3.63) is 72.2 Å². The first-order valence-electron chi connectivity index (χ1n) is 13.1. The molecule has 0 spiro atoms. The minimum Gasteiger partial charge on any atom is -0.489 e. The maximum Gasteiger partial charge on any atom is 0.255 e. The van der Waals surface area contributed by atoms with Crippen LogP contribution in [0.15, 0.2) is 61.1 Å². The lowest BCUT2D eigenvalue weighted by atomic mass is 9.88. The van der Waals surface area contributed by atoms with Crippen LogP contribution in [0, 0.1) is 5.41 Å². The number of likely N-dealkylation sites (tertiary alicyclic amines) is 1. The average molecular weight is 502 g/mol. The quantitative estimate of drug-likeness (QED) is 0.490. The van der Waals surface area contributed by atoms with Crippen molar-refractivity contribution >= 4 is 5.91 Å². The molecule has 4 heterocycles. The van der Waals surface area contributed by atoms with Crippen molar-refractivity contribution in [3.63, 3.8) is 0 Å². The third-order valence-electron chi connectivity index (χ3n) is 7.30. The highest BCUT2D eigenvalue weighted by Gasteiger charge is 2.29. The third-order valence-corrected chi connectivity index (χ3v) is 7.30. The maximum atomic E-state index is 12.9. The number of carbonyl (C=O) groups excluding carboxylic acids is 1. The van der Waals surface area contributed by atoms with Crippen LogP contribution in [0.4, 0.5) is 0 Å². The van der Waals surface area contributed by atoms with E-state index in [0.717, 1.165) is 63.2 Å². The summed E-state index contributed by atoms with van der Waals surface area (Å²) in [5, 5.41) is 7.65. The largest absolute Gasteiger partial charge is 0.489 e. The molecule has 3 aromatic rings. The van der Waals surface area contributed by atoms with Crippen molar-refractivity contribution in [2.75, 3.05) is 26.2 Å². The Morgan fingerprint density at radius 3 is 2.57 bits per heavy atom. The molecule has 5 rings (SSSR count). The minimum absolute atomic E-state index is 0.0293. The summed E-state index contributed by atoms with van der Waals surface area (Å²) in [5.41, 5.74) is 1.68. The molecule has 0 unspecified atom stereocenters. The van der Waals surface area contributed by atoms with Crippen LogP contribution in [0.25, 0.3) is 0 Å². The zero-order chi connectivity index (χ0) is 25.7. The number of hydrogen-bond acceptors (Lipinski definition) is 7. The van der Waals surface area contributed by atoms with Crippen LogP contribution in [0.3, 0.4) is 0 Å². The topological polar surface area (TPSA) is 80.7 Å². The summed E-state index contributed by atoms with van der Waals surface area (Å²) in [6.07, 6.45) is 8.85. The Hall–Kier alpha value is -3.52. The summed E-state index contributed by atoms with van der Waals surface area (Å²) >= 11 is 0. The van der Waals surface area contributed by atoms with E-state index in [1.807, 2.05) is 35.2 Å². The van der Waals surface area contributed by atoms with Gasteiger partial charge in [0.15, 0.2) is 11.5 Å². The molecule has 2 aliphatic rings. The third kappa shape index (κ3) is 6.25. The highest BCUT2D eigenvalue weighted by atomic mass is 16.5. The molecule has 1 fully saturated rings. The van der Waals surface area contributed by atoms with Crippen LogP contribution < -0.4 is 9.47 Å². The van der Waals surface area contributed by atoms with Gasteiger partial charge in [0.25, 0.3) is 5.91 Å². The lowest BCUT2D eigenvalue weighted by Gasteiger charge is -2.39. The van der Waals surface area contributed by atoms with Gasteiger partial charge in [0, 0.05) is 37.4 Å². The van der Waals surface area contributed by atoms with Gasteiger partial charge in [-0.05, 0) is 61.9 Å². The van der Waals surface area contributed by atoms with Crippen molar-refractivity contribution in [2.24, 2.45) is 5.41 Å². The van der Waals surface area contributed by atoms with Crippen molar-refractivity contribution < 1.29 is 14.3 Å². The predicted molar refractivity (Wildman–Crippen MR) is 141 cm³/mol. The Morgan fingerprint density at radius 1 is 0.973 bits per heavy atom. The highest BCUT2D eigenvalue weighted by Crippen LogP contribution is 2.35. The Balaban J connectivity index is 1.35. The van der Waals surface area contributed by atoms with Gasteiger partial charge in [-0.2, -0.15) is 10.2 Å². The standard InChI is InChI=1S/C29H35N5O3/c1-29(2)13-6-16-34(24-11-17-33(18-12-24)28(35)22-10-15-31-32-19-22)20-23-7-5-14-30-27(23)37-26-9-4-3-8-25(26)36-21-29/h3-5,7-10,14-15,19,24H,6,11-13,16-18,20-21H2,1-2H3. The molecule has 1 saturated heterocycles. The fraction of sp³-hybridized carbons (Fsp3) is 0.448. The Labute approximate surface area is 218 Å². The average Bonchev–Trinajstić information content (AvgIpc) is 2.93. The van der Waals surface area contributed by atoms with Gasteiger partial charge in [-0.3, -0.25) is 9.69 Å². The fourth-order valence-electron chi connectivity index (χ4n) is 5.14. The van der Waals surface area contributed by atoms with E-state index in [1.165, 1.54) is 0 Å². The van der Waals surface area contributed by atoms with E-state index >= 15 is 0 Å². The van der Waals surface area contributed by atoms with Gasteiger partial charge in [-0.25, -0.2) is 4.98 Å². The molecule has 0 bridgehead atoms. The second-order valence-electron chi connectivity index (χ2n) is 10.7. The van der Waals surface area contributed by atoms with Crippen molar-refractivity contribution in [1.82, 2.24) is 25.0 Å². The summed E-state index contributed by atoms with van der Waals surface area (Å²) in [5.74, 6) is 2.06. The van der Waals surface area contributed by atoms with E-state index in [0.29, 0.717) is 29.8 Å². The van der Waals surface area contributed by atoms with E-state index in [9.17, 15) is 4.79 Å². The van der Waals surface area contributed by atoms with Crippen LogP contribution in [0.1, 0.15) is 55.5 Å². The number of benzene rings is 1. The maximum absolute atomic E-state index is 12.9. The molecule has 1 amide bonds. The number of ether oxygens (including phenoxy) is 2. The normalized spacial score (nSPS) is 19.1. The molecule has 0 aliphatic carbocycles. The molecular weight excluding hydrogens is 466 g/mol. The molecule has 1 aromatic carbocycles. The van der Waals surface area contributed by atoms with Gasteiger partial charge in [-0.1, -0.05) is 32.0 Å². The van der Waals surface area contributed by atoms with E-state index in [2.05, 4.69) is 40.0 Å². The van der Waals surface area contributed by atoms with Crippen LogP contribution in [0.2, 0.25) is 0 Å². The van der Waals surface area contributed by atoms with Gasteiger partial charge in [0.1, 0.15) is 0 Å². The first-order valence-corrected chi connectivity index (χ1v) is 13.1. The number of aromatic nitrogens is 3. The predicted octanol–water partition coefficient (Wildman–Crippen LogP) is 4.97. The zero-order valence-corrected chi connectivity index (χ0v) is 21.7. The number of hydrogen-bond donors (Lipinski definition) is 0. The van der Waals surface area contributed by atoms with Crippen molar-refractivity contribution in [2.45, 2.75) is 52.1 Å². The number of piperidine rings is 1. The van der Waals surface area contributed by atoms with Gasteiger partial charge in [0.2, 0.25) is 5.88 Å². The number of fused-ring (bicyclic) bond motifs is 2. The number of para-hydroxylation sites is 2. The SMILES string of the molecule is CC1(C)CCCN(C2CCN(C(=O)c3ccnnc3)CC2)Cc2cccnc2Oc2ccccc2OC1. The van der Waals surface area contributed by atoms with E-state index < -0.39 is 0 Å². The Bertz CT molecular complexity index is 1190. The Morgan fingerprint density at radius 2 is 1.78 bits per heavy atom. The van der Waals surface area contributed by atoms with Gasteiger partial charge in [-0.15, -0.1) is 0 Å². The monoisotopic (exact) mass is 501 g/mol. The molecular formula is C29H35N5O3. The summed E-state index contributed by atoms with van der Waals surface area (Å²) in [7, 11) is 0. The number of carbonyl (C=O) groups is 1. The van der Waals surface area contributed by atoms with Gasteiger partial charge >= 0.3 is 0 Å². The number of pyridine rings is 1. The molecule has 2 aromatic heterocycles. The second kappa shape index (κ2) is 11.3. The number of amides is 1. The zero-order valence-electron chi connectivity index (χ0n) is 21.7. The van der Waals surface area contributed by atoms with E-state index in [-0.39, 0.29) is 11.3 Å². The molecule has 8 heteroatoms. The first-order chi connectivity index (χ1) is 18.0. The van der Waals surface area contributed by atoms with Crippen molar-refractivity contribution in [3.8, 4) is 17.4 Å². The lowest BCUT2D eigenvalue weighted by Crippen LogP contribution is -2.47. The smallest absolute Gasteiger partial charge is 0.255 e. The number of nitrogens with zero attached hydrogens (tertiary/aromatic N) is 5. The fourth-order valence-corrected chi connectivity index (χ4v) is 5.14. The van der Waals surface area contributed by atoms with E-state index in [1.54, 1.807) is 24.7 Å². The van der Waals surface area contributed by atoms with Crippen LogP contribution in [-0.4, -0.2) is 63.2 Å². The van der Waals surface area contributed by atoms with Gasteiger partial charge < -0.3 is 14.4 Å². The summed E-state index contributed by atoms with van der Waals surface area (Å²) < 4.78 is 12.6. The summed E-state index contributed by atoms with van der Waals surface area (Å²) in [4.78, 5) is 22.0. The molecule has 37 heavy (non-hydrogen) atoms. The van der Waals surface area contributed by atoms with Crippen LogP contribution in [-0.2, 0) is 6.54 Å². The van der Waals surface area contributed by atoms with Crippen molar-refractivity contribution in [1.29, 1.82) is 0 Å². The highest BCUT2D eigenvalue weighted by molar-refractivity contribution is 5.93. The van der Waals surface area contributed by atoms with Gasteiger partial charge in [0.05, 0.1) is 24.6 Å². The molecule has 2 aliphatic heterocycles. The molecule has 0 saturated carbocycles.